The molecular weight excluding hydrogens is 487 g/mol. The summed E-state index contributed by atoms with van der Waals surface area (Å²) in [6.45, 7) is 0.107. The van der Waals surface area contributed by atoms with Crippen molar-refractivity contribution >= 4 is 66.6 Å². The predicted octanol–water partition coefficient (Wildman–Crippen LogP) is -1.62. The van der Waals surface area contributed by atoms with Crippen LogP contribution in [-0.4, -0.2) is 65.4 Å². The highest BCUT2D eigenvalue weighted by molar-refractivity contribution is 6.41. The topological polar surface area (TPSA) is 95.6 Å². The van der Waals surface area contributed by atoms with Crippen molar-refractivity contribution in [1.82, 2.24) is 15.5 Å². The molecule has 2 aromatic carbocycles. The summed E-state index contributed by atoms with van der Waals surface area (Å²) in [4.78, 5) is 51.8. The molecule has 14 heteroatoms. The zero-order valence-corrected chi connectivity index (χ0v) is 21.0. The van der Waals surface area contributed by atoms with Gasteiger partial charge in [0, 0.05) is 34.5 Å². The van der Waals surface area contributed by atoms with Crippen molar-refractivity contribution in [3.63, 3.8) is 0 Å². The molecule has 0 bridgehead atoms. The molecule has 182 valence electrons. The summed E-state index contributed by atoms with van der Waals surface area (Å²) in [6.07, 6.45) is 0.106. The number of hydrogen-bond acceptors (Lipinski definition) is 4. The Morgan fingerprint density at radius 2 is 1.72 bits per heavy atom. The first-order valence-corrected chi connectivity index (χ1v) is 11.8. The SMILES string of the molecule is BC1CC(=O)NC(=O)[C@]1(B)N1Cc2cc(C(B)(B)NC(=O)C(F)(F)c3ccc(Cl)cc3)ccc2C1=O. The summed E-state index contributed by atoms with van der Waals surface area (Å²) >= 11 is 5.77. The van der Waals surface area contributed by atoms with Crippen LogP contribution in [-0.2, 0) is 32.2 Å². The number of benzene rings is 2. The van der Waals surface area contributed by atoms with Crippen LogP contribution in [0.5, 0.6) is 0 Å². The van der Waals surface area contributed by atoms with E-state index in [0.29, 0.717) is 16.7 Å². The maximum atomic E-state index is 14.8. The molecule has 7 nitrogen and oxygen atoms in total. The summed E-state index contributed by atoms with van der Waals surface area (Å²) < 4.78 is 29.7. The Labute approximate surface area is 215 Å². The third-order valence-corrected chi connectivity index (χ3v) is 7.53. The normalized spacial score (nSPS) is 22.2. The smallest absolute Gasteiger partial charge is 0.349 e. The summed E-state index contributed by atoms with van der Waals surface area (Å²) in [5.74, 6) is -6.94. The fourth-order valence-corrected chi connectivity index (χ4v) is 4.83. The fraction of sp³-hybridized carbons (Fsp3) is 0.273. The van der Waals surface area contributed by atoms with E-state index in [1.54, 1.807) is 49.6 Å². The molecule has 1 unspecified atom stereocenters. The van der Waals surface area contributed by atoms with E-state index in [1.807, 2.05) is 0 Å². The number of nitrogens with one attached hydrogen (secondary N) is 2. The van der Waals surface area contributed by atoms with Gasteiger partial charge in [-0.25, -0.2) is 0 Å². The van der Waals surface area contributed by atoms with Gasteiger partial charge in [-0.1, -0.05) is 35.9 Å². The maximum absolute atomic E-state index is 14.8. The average molecular weight is 509 g/mol. The molecule has 1 fully saturated rings. The molecule has 2 aliphatic rings. The van der Waals surface area contributed by atoms with Crippen LogP contribution in [0.3, 0.4) is 0 Å². The monoisotopic (exact) mass is 509 g/mol. The van der Waals surface area contributed by atoms with Crippen LogP contribution >= 0.6 is 11.6 Å². The fourth-order valence-electron chi connectivity index (χ4n) is 4.70. The standard InChI is InChI=1S/C22H22B4ClF2N3O4/c23-15-8-16(33)30-18(35)20(15,24)32-9-10-7-12(3-6-14(10)17(32)34)22(25,26)31-19(36)21(28,29)11-1-4-13(27)5-2-11/h1-7,15H,8-9,23-26H2,(H,31,36)(H,30,33,35)/t15?,20-/m1/s1. The molecule has 4 rings (SSSR count). The Kier molecular flexibility index (Phi) is 6.35. The first-order chi connectivity index (χ1) is 16.7. The summed E-state index contributed by atoms with van der Waals surface area (Å²) in [5.41, 5.74) is -0.221. The van der Waals surface area contributed by atoms with Crippen LogP contribution in [0.4, 0.5) is 8.78 Å². The van der Waals surface area contributed by atoms with E-state index in [-0.39, 0.29) is 29.8 Å². The molecule has 2 aliphatic heterocycles. The number of piperidine rings is 1. The molecule has 0 saturated carbocycles. The molecule has 2 N–H and O–H groups in total. The Hall–Kier alpha value is -3.07. The summed E-state index contributed by atoms with van der Waals surface area (Å²) in [6, 6.07) is 9.61. The number of amides is 4. The molecule has 0 radical (unpaired) electrons. The van der Waals surface area contributed by atoms with Crippen LogP contribution in [0.2, 0.25) is 10.8 Å². The molecule has 0 spiro atoms. The van der Waals surface area contributed by atoms with Gasteiger partial charge in [0.05, 0.1) is 5.44 Å². The molecule has 36 heavy (non-hydrogen) atoms. The minimum atomic E-state index is -3.79. The third kappa shape index (κ3) is 4.23. The molecule has 4 amide bonds. The lowest BCUT2D eigenvalue weighted by Gasteiger charge is -2.44. The van der Waals surface area contributed by atoms with E-state index in [1.165, 1.54) is 17.0 Å². The number of halogens is 3. The largest absolute Gasteiger partial charge is 0.357 e. The second kappa shape index (κ2) is 8.80. The van der Waals surface area contributed by atoms with Crippen molar-refractivity contribution in [3.05, 3.63) is 69.7 Å². The van der Waals surface area contributed by atoms with Crippen molar-refractivity contribution < 1.29 is 28.0 Å². The van der Waals surface area contributed by atoms with Crippen LogP contribution in [0, 0.1) is 0 Å². The van der Waals surface area contributed by atoms with Gasteiger partial charge in [0.15, 0.2) is 0 Å². The van der Waals surface area contributed by atoms with E-state index < -0.39 is 39.9 Å². The minimum Gasteiger partial charge on any atom is -0.357 e. The first kappa shape index (κ1) is 26.0. The predicted molar refractivity (Wildman–Crippen MR) is 140 cm³/mol. The van der Waals surface area contributed by atoms with Crippen molar-refractivity contribution in [3.8, 4) is 0 Å². The van der Waals surface area contributed by atoms with Gasteiger partial charge >= 0.3 is 5.92 Å². The van der Waals surface area contributed by atoms with Crippen LogP contribution in [0.25, 0.3) is 0 Å². The van der Waals surface area contributed by atoms with Crippen molar-refractivity contribution in [2.75, 3.05) is 0 Å². The molecule has 2 aromatic rings. The van der Waals surface area contributed by atoms with Gasteiger partial charge in [0.25, 0.3) is 11.8 Å². The highest BCUT2D eigenvalue weighted by atomic mass is 35.5. The lowest BCUT2D eigenvalue weighted by Crippen LogP contribution is -2.66. The number of imide groups is 1. The Balaban J connectivity index is 1.58. The molecule has 2 heterocycles. The number of carbonyl (C=O) groups excluding carboxylic acids is 4. The highest BCUT2D eigenvalue weighted by Gasteiger charge is 2.52. The van der Waals surface area contributed by atoms with Crippen molar-refractivity contribution in [1.29, 1.82) is 0 Å². The second-order valence-corrected chi connectivity index (χ2v) is 10.5. The molecule has 0 aliphatic carbocycles. The van der Waals surface area contributed by atoms with Gasteiger partial charge < -0.3 is 10.2 Å². The van der Waals surface area contributed by atoms with Crippen LogP contribution < -0.4 is 10.6 Å². The number of nitrogens with zero attached hydrogens (tertiary/aromatic N) is 1. The Morgan fingerprint density at radius 3 is 2.33 bits per heavy atom. The van der Waals surface area contributed by atoms with Gasteiger partial charge in [0.1, 0.15) is 31.4 Å². The van der Waals surface area contributed by atoms with Crippen molar-refractivity contribution in [2.45, 2.75) is 35.5 Å². The first-order valence-electron chi connectivity index (χ1n) is 11.4. The number of hydrogen-bond donors (Lipinski definition) is 2. The number of carbonyl (C=O) groups is 4. The molecule has 1 saturated heterocycles. The lowest BCUT2D eigenvalue weighted by atomic mass is 9.55. The zero-order chi connectivity index (χ0) is 26.6. The van der Waals surface area contributed by atoms with E-state index in [2.05, 4.69) is 10.6 Å². The van der Waals surface area contributed by atoms with Gasteiger partial charge in [-0.2, -0.15) is 8.78 Å². The quantitative estimate of drug-likeness (QED) is 0.375. The van der Waals surface area contributed by atoms with E-state index in [0.717, 1.165) is 12.1 Å². The van der Waals surface area contributed by atoms with E-state index in [4.69, 9.17) is 11.6 Å². The minimum absolute atomic E-state index is 0.106. The molecular formula is C22H22B4ClF2N3O4. The van der Waals surface area contributed by atoms with E-state index in [9.17, 15) is 28.0 Å². The average Bonchev–Trinajstić information content (AvgIpc) is 3.13. The number of fused-ring (bicyclic) bond motifs is 1. The van der Waals surface area contributed by atoms with Gasteiger partial charge in [-0.3, -0.25) is 24.5 Å². The maximum Gasteiger partial charge on any atom is 0.349 e. The third-order valence-electron chi connectivity index (χ3n) is 7.27. The van der Waals surface area contributed by atoms with Gasteiger partial charge in [0.2, 0.25) is 11.8 Å². The van der Waals surface area contributed by atoms with Crippen LogP contribution in [0.1, 0.15) is 33.5 Å². The summed E-state index contributed by atoms with van der Waals surface area (Å²) in [7, 11) is 6.55. The second-order valence-electron chi connectivity index (χ2n) is 10.1. The Bertz CT molecular complexity index is 1290. The highest BCUT2D eigenvalue weighted by Crippen LogP contribution is 2.38. The van der Waals surface area contributed by atoms with E-state index >= 15 is 0 Å². The Morgan fingerprint density at radius 1 is 1.11 bits per heavy atom. The van der Waals surface area contributed by atoms with Gasteiger partial charge in [-0.15, -0.1) is 0 Å². The van der Waals surface area contributed by atoms with Crippen molar-refractivity contribution in [2.24, 2.45) is 0 Å². The summed E-state index contributed by atoms with van der Waals surface area (Å²) in [5, 5.41) is 3.79. The molecule has 2 atom stereocenters. The number of alkyl halides is 2. The van der Waals surface area contributed by atoms with Gasteiger partial charge in [-0.05, 0) is 35.1 Å². The lowest BCUT2D eigenvalue weighted by molar-refractivity contribution is -0.147. The number of rotatable bonds is 5. The molecule has 0 aromatic heterocycles. The van der Waals surface area contributed by atoms with Crippen LogP contribution in [0.15, 0.2) is 42.5 Å². The zero-order valence-electron chi connectivity index (χ0n) is 20.2.